The van der Waals surface area contributed by atoms with Gasteiger partial charge in [0.2, 0.25) is 0 Å². The average Bonchev–Trinajstić information content (AvgIpc) is 3.12. The molecule has 1 amide bonds. The van der Waals surface area contributed by atoms with Crippen molar-refractivity contribution in [1.82, 2.24) is 29.7 Å². The van der Waals surface area contributed by atoms with Crippen LogP contribution in [0.15, 0.2) is 30.6 Å². The summed E-state index contributed by atoms with van der Waals surface area (Å²) in [7, 11) is 3.99. The summed E-state index contributed by atoms with van der Waals surface area (Å²) in [5, 5.41) is 0. The van der Waals surface area contributed by atoms with Crippen LogP contribution in [0.1, 0.15) is 21.9 Å². The molecule has 3 heterocycles. The molecule has 1 aliphatic rings. The number of piperazine rings is 1. The van der Waals surface area contributed by atoms with Crippen molar-refractivity contribution in [2.75, 3.05) is 45.2 Å². The summed E-state index contributed by atoms with van der Waals surface area (Å²) in [6, 6.07) is 6.09. The lowest BCUT2D eigenvalue weighted by Gasteiger charge is -2.32. The smallest absolute Gasteiger partial charge is 0.274 e. The molecule has 8 heteroatoms. The van der Waals surface area contributed by atoms with Gasteiger partial charge in [-0.05, 0) is 25.6 Å². The lowest BCUT2D eigenvalue weighted by Crippen LogP contribution is -2.47. The van der Waals surface area contributed by atoms with Gasteiger partial charge in [0.15, 0.2) is 0 Å². The second-order valence-corrected chi connectivity index (χ2v) is 7.37. The fourth-order valence-electron chi connectivity index (χ4n) is 3.42. The van der Waals surface area contributed by atoms with Crippen molar-refractivity contribution in [2.45, 2.75) is 13.5 Å². The number of nitrogens with zero attached hydrogens (tertiary/aromatic N) is 6. The molecule has 1 aliphatic heterocycles. The highest BCUT2D eigenvalue weighted by Crippen LogP contribution is 2.18. The van der Waals surface area contributed by atoms with Gasteiger partial charge < -0.3 is 19.7 Å². The molecule has 146 valence electrons. The molecular weight excluding hydrogens is 354 g/mol. The Labute approximate surface area is 164 Å². The molecule has 0 bridgehead atoms. The lowest BCUT2D eigenvalue weighted by atomic mass is 10.2. The highest BCUT2D eigenvalue weighted by atomic mass is 16.2. The Morgan fingerprint density at radius 3 is 2.71 bits per heavy atom. The van der Waals surface area contributed by atoms with Crippen LogP contribution in [0.5, 0.6) is 0 Å². The van der Waals surface area contributed by atoms with Crippen molar-refractivity contribution >= 4 is 22.8 Å². The van der Waals surface area contributed by atoms with Crippen LogP contribution >= 0.6 is 0 Å². The minimum atomic E-state index is -0.0600. The Kier molecular flexibility index (Phi) is 4.95. The molecule has 8 nitrogen and oxygen atoms in total. The molecule has 1 saturated heterocycles. The number of aryl methyl sites for hydroxylation is 1. The maximum Gasteiger partial charge on any atom is 0.274 e. The quantitative estimate of drug-likeness (QED) is 0.743. The standard InChI is InChI=1S/C20H25N7O/c1-14-5-4-6-15-19(14)24-17(22-15)13-26(3)18-12-21-11-16(23-18)20(28)27-9-7-25(2)8-10-27/h4-6,11-12H,7-10,13H2,1-3H3,(H,22,24). The van der Waals surface area contributed by atoms with Gasteiger partial charge >= 0.3 is 0 Å². The summed E-state index contributed by atoms with van der Waals surface area (Å²) in [6.07, 6.45) is 3.22. The van der Waals surface area contributed by atoms with E-state index in [-0.39, 0.29) is 5.91 Å². The molecule has 1 aromatic carbocycles. The van der Waals surface area contributed by atoms with Crippen molar-refractivity contribution in [3.05, 3.63) is 47.7 Å². The molecule has 0 atom stereocenters. The van der Waals surface area contributed by atoms with Crippen molar-refractivity contribution < 1.29 is 4.79 Å². The van der Waals surface area contributed by atoms with Crippen LogP contribution in [0.2, 0.25) is 0 Å². The number of H-pyrrole nitrogens is 1. The molecular formula is C20H25N7O. The second-order valence-electron chi connectivity index (χ2n) is 7.37. The third-order valence-corrected chi connectivity index (χ3v) is 5.17. The molecule has 0 unspecified atom stereocenters. The van der Waals surface area contributed by atoms with Crippen LogP contribution in [0.25, 0.3) is 11.0 Å². The summed E-state index contributed by atoms with van der Waals surface area (Å²) >= 11 is 0. The van der Waals surface area contributed by atoms with Gasteiger partial charge in [0.05, 0.1) is 30.0 Å². The number of fused-ring (bicyclic) bond motifs is 1. The van der Waals surface area contributed by atoms with E-state index in [9.17, 15) is 4.79 Å². The molecule has 0 spiro atoms. The Bertz CT molecular complexity index is 991. The topological polar surface area (TPSA) is 81.3 Å². The highest BCUT2D eigenvalue weighted by molar-refractivity contribution is 5.92. The lowest BCUT2D eigenvalue weighted by molar-refractivity contribution is 0.0658. The molecule has 1 fully saturated rings. The first-order chi connectivity index (χ1) is 13.5. The van der Waals surface area contributed by atoms with E-state index in [4.69, 9.17) is 4.98 Å². The monoisotopic (exact) mass is 379 g/mol. The molecule has 28 heavy (non-hydrogen) atoms. The second kappa shape index (κ2) is 7.55. The van der Waals surface area contributed by atoms with Crippen LogP contribution in [-0.4, -0.2) is 75.9 Å². The third kappa shape index (κ3) is 3.68. The minimum Gasteiger partial charge on any atom is -0.351 e. The van der Waals surface area contributed by atoms with E-state index in [0.29, 0.717) is 18.1 Å². The van der Waals surface area contributed by atoms with Crippen LogP contribution in [-0.2, 0) is 6.54 Å². The molecule has 0 saturated carbocycles. The normalized spacial score (nSPS) is 15.2. The number of rotatable bonds is 4. The fraction of sp³-hybridized carbons (Fsp3) is 0.400. The first-order valence-electron chi connectivity index (χ1n) is 9.46. The number of benzene rings is 1. The van der Waals surface area contributed by atoms with Gasteiger partial charge in [0.25, 0.3) is 5.91 Å². The maximum absolute atomic E-state index is 12.8. The summed E-state index contributed by atoms with van der Waals surface area (Å²) in [4.78, 5) is 35.6. The number of aromatic amines is 1. The van der Waals surface area contributed by atoms with E-state index in [1.54, 1.807) is 12.4 Å². The van der Waals surface area contributed by atoms with Crippen molar-refractivity contribution in [3.8, 4) is 0 Å². The van der Waals surface area contributed by atoms with Crippen LogP contribution in [0, 0.1) is 6.92 Å². The average molecular weight is 379 g/mol. The fourth-order valence-corrected chi connectivity index (χ4v) is 3.42. The van der Waals surface area contributed by atoms with Crippen molar-refractivity contribution in [1.29, 1.82) is 0 Å². The molecule has 0 radical (unpaired) electrons. The number of imidazole rings is 1. The van der Waals surface area contributed by atoms with Gasteiger partial charge in [-0.2, -0.15) is 0 Å². The summed E-state index contributed by atoms with van der Waals surface area (Å²) in [5.74, 6) is 1.44. The number of aromatic nitrogens is 4. The maximum atomic E-state index is 12.8. The van der Waals surface area contributed by atoms with E-state index in [0.717, 1.165) is 48.6 Å². The number of carbonyl (C=O) groups is 1. The van der Waals surface area contributed by atoms with E-state index in [1.165, 1.54) is 0 Å². The van der Waals surface area contributed by atoms with Crippen molar-refractivity contribution in [3.63, 3.8) is 0 Å². The van der Waals surface area contributed by atoms with Gasteiger partial charge in [0, 0.05) is 33.2 Å². The Balaban J connectivity index is 1.50. The molecule has 1 N–H and O–H groups in total. The molecule has 3 aromatic rings. The number of para-hydroxylation sites is 1. The minimum absolute atomic E-state index is 0.0600. The Morgan fingerprint density at radius 2 is 1.96 bits per heavy atom. The first kappa shape index (κ1) is 18.4. The number of anilines is 1. The SMILES string of the molecule is Cc1cccc2[nH]c(CN(C)c3cncc(C(=O)N4CCN(C)CC4)n3)nc12. The first-order valence-corrected chi connectivity index (χ1v) is 9.46. The zero-order valence-corrected chi connectivity index (χ0v) is 16.5. The Hall–Kier alpha value is -3.00. The van der Waals surface area contributed by atoms with E-state index >= 15 is 0 Å². The van der Waals surface area contributed by atoms with Gasteiger partial charge in [-0.25, -0.2) is 9.97 Å². The number of hydrogen-bond acceptors (Lipinski definition) is 6. The van der Waals surface area contributed by atoms with Crippen LogP contribution < -0.4 is 4.90 Å². The number of nitrogens with one attached hydrogen (secondary N) is 1. The van der Waals surface area contributed by atoms with E-state index < -0.39 is 0 Å². The largest absolute Gasteiger partial charge is 0.351 e. The van der Waals surface area contributed by atoms with E-state index in [2.05, 4.69) is 39.9 Å². The van der Waals surface area contributed by atoms with Gasteiger partial charge in [-0.1, -0.05) is 12.1 Å². The molecule has 4 rings (SSSR count). The zero-order chi connectivity index (χ0) is 19.7. The summed E-state index contributed by atoms with van der Waals surface area (Å²) < 4.78 is 0. The predicted molar refractivity (Wildman–Crippen MR) is 108 cm³/mol. The number of hydrogen-bond donors (Lipinski definition) is 1. The van der Waals surface area contributed by atoms with Crippen LogP contribution in [0.4, 0.5) is 5.82 Å². The van der Waals surface area contributed by atoms with Gasteiger partial charge in [0.1, 0.15) is 17.3 Å². The third-order valence-electron chi connectivity index (χ3n) is 5.17. The molecule has 2 aromatic heterocycles. The van der Waals surface area contributed by atoms with E-state index in [1.807, 2.05) is 29.0 Å². The number of amides is 1. The van der Waals surface area contributed by atoms with Crippen molar-refractivity contribution in [2.24, 2.45) is 0 Å². The number of carbonyl (C=O) groups excluding carboxylic acids is 1. The van der Waals surface area contributed by atoms with Gasteiger partial charge in [-0.15, -0.1) is 0 Å². The zero-order valence-electron chi connectivity index (χ0n) is 16.5. The predicted octanol–water partition coefficient (Wildman–Crippen LogP) is 1.69. The summed E-state index contributed by atoms with van der Waals surface area (Å²) in [6.45, 7) is 5.80. The summed E-state index contributed by atoms with van der Waals surface area (Å²) in [5.41, 5.74) is 3.53. The van der Waals surface area contributed by atoms with Gasteiger partial charge in [-0.3, -0.25) is 9.78 Å². The number of likely N-dealkylation sites (N-methyl/N-ethyl adjacent to an activating group) is 1. The molecule has 0 aliphatic carbocycles. The highest BCUT2D eigenvalue weighted by Gasteiger charge is 2.22. The Morgan fingerprint density at radius 1 is 1.18 bits per heavy atom. The van der Waals surface area contributed by atoms with Crippen LogP contribution in [0.3, 0.4) is 0 Å².